The average Bonchev–Trinajstić information content (AvgIpc) is 3.29. The van der Waals surface area contributed by atoms with Crippen molar-refractivity contribution in [2.45, 2.75) is 19.4 Å². The van der Waals surface area contributed by atoms with Gasteiger partial charge in [0.2, 0.25) is 5.91 Å². The number of para-hydroxylation sites is 2. The number of nitrogens with one attached hydrogen (secondary N) is 2. The SMILES string of the molecule is O=C(Cn1ccnc1)Nc1cccc(CCc2nc3ccccc3[nH]2)c1. The van der Waals surface area contributed by atoms with E-state index >= 15 is 0 Å². The highest BCUT2D eigenvalue weighted by atomic mass is 16.1. The normalized spacial score (nSPS) is 10.9. The van der Waals surface area contributed by atoms with Gasteiger partial charge in [-0.05, 0) is 36.2 Å². The van der Waals surface area contributed by atoms with Gasteiger partial charge in [-0.25, -0.2) is 9.97 Å². The van der Waals surface area contributed by atoms with Crippen molar-refractivity contribution < 1.29 is 4.79 Å². The second-order valence-electron chi connectivity index (χ2n) is 6.18. The number of H-pyrrole nitrogens is 1. The Balaban J connectivity index is 1.38. The molecule has 0 saturated carbocycles. The van der Waals surface area contributed by atoms with E-state index < -0.39 is 0 Å². The Kier molecular flexibility index (Phi) is 4.47. The predicted octanol–water partition coefficient (Wildman–Crippen LogP) is 3.18. The number of aryl methyl sites for hydroxylation is 2. The molecule has 0 aliphatic heterocycles. The number of fused-ring (bicyclic) bond motifs is 1. The number of carbonyl (C=O) groups is 1. The minimum Gasteiger partial charge on any atom is -0.342 e. The minimum atomic E-state index is -0.0718. The van der Waals surface area contributed by atoms with Crippen LogP contribution in [0.25, 0.3) is 11.0 Å². The Labute approximate surface area is 150 Å². The van der Waals surface area contributed by atoms with Gasteiger partial charge in [-0.1, -0.05) is 24.3 Å². The number of nitrogens with zero attached hydrogens (tertiary/aromatic N) is 3. The maximum atomic E-state index is 12.1. The molecule has 6 nitrogen and oxygen atoms in total. The van der Waals surface area contributed by atoms with E-state index in [1.54, 1.807) is 23.3 Å². The van der Waals surface area contributed by atoms with Gasteiger partial charge in [-0.3, -0.25) is 4.79 Å². The summed E-state index contributed by atoms with van der Waals surface area (Å²) in [4.78, 5) is 24.0. The molecule has 0 aliphatic rings. The molecule has 0 spiro atoms. The van der Waals surface area contributed by atoms with Crippen molar-refractivity contribution in [1.29, 1.82) is 0 Å². The summed E-state index contributed by atoms with van der Waals surface area (Å²) in [5, 5.41) is 2.93. The molecule has 0 fully saturated rings. The fourth-order valence-corrected chi connectivity index (χ4v) is 2.94. The number of anilines is 1. The number of hydrogen-bond donors (Lipinski definition) is 2. The predicted molar refractivity (Wildman–Crippen MR) is 101 cm³/mol. The molecule has 0 saturated heterocycles. The highest BCUT2D eigenvalue weighted by molar-refractivity contribution is 5.90. The fraction of sp³-hybridized carbons (Fsp3) is 0.150. The average molecular weight is 345 g/mol. The summed E-state index contributed by atoms with van der Waals surface area (Å²) >= 11 is 0. The zero-order valence-electron chi connectivity index (χ0n) is 14.2. The molecule has 4 aromatic rings. The van der Waals surface area contributed by atoms with Crippen molar-refractivity contribution in [2.24, 2.45) is 0 Å². The van der Waals surface area contributed by atoms with Crippen LogP contribution in [0.3, 0.4) is 0 Å². The van der Waals surface area contributed by atoms with Crippen molar-refractivity contribution in [2.75, 3.05) is 5.32 Å². The van der Waals surface area contributed by atoms with Crippen molar-refractivity contribution in [1.82, 2.24) is 19.5 Å². The molecule has 6 heteroatoms. The lowest BCUT2D eigenvalue weighted by Gasteiger charge is -2.07. The molecule has 26 heavy (non-hydrogen) atoms. The van der Waals surface area contributed by atoms with Gasteiger partial charge < -0.3 is 14.9 Å². The van der Waals surface area contributed by atoms with E-state index in [-0.39, 0.29) is 12.5 Å². The molecule has 4 rings (SSSR count). The number of imidazole rings is 2. The van der Waals surface area contributed by atoms with Crippen LogP contribution in [0.4, 0.5) is 5.69 Å². The van der Waals surface area contributed by atoms with Crippen molar-refractivity contribution in [3.05, 3.63) is 78.6 Å². The summed E-state index contributed by atoms with van der Waals surface area (Å²) in [5.74, 6) is 0.901. The van der Waals surface area contributed by atoms with Crippen molar-refractivity contribution in [3.63, 3.8) is 0 Å². The fourth-order valence-electron chi connectivity index (χ4n) is 2.94. The summed E-state index contributed by atoms with van der Waals surface area (Å²) in [6.07, 6.45) is 6.73. The molecular weight excluding hydrogens is 326 g/mol. The molecule has 0 aliphatic carbocycles. The number of aromatic amines is 1. The van der Waals surface area contributed by atoms with Crippen LogP contribution in [-0.4, -0.2) is 25.4 Å². The Morgan fingerprint density at radius 3 is 2.88 bits per heavy atom. The van der Waals surface area contributed by atoms with Crippen LogP contribution in [0.15, 0.2) is 67.3 Å². The molecule has 2 heterocycles. The Hall–Kier alpha value is -3.41. The van der Waals surface area contributed by atoms with E-state index in [1.807, 2.05) is 42.5 Å². The monoisotopic (exact) mass is 345 g/mol. The van der Waals surface area contributed by atoms with Gasteiger partial charge in [0.05, 0.1) is 17.4 Å². The van der Waals surface area contributed by atoms with E-state index in [2.05, 4.69) is 26.3 Å². The standard InChI is InChI=1S/C20H19N5O/c26-20(13-25-11-10-21-14-25)22-16-5-3-4-15(12-16)8-9-19-23-17-6-1-2-7-18(17)24-19/h1-7,10-12,14H,8-9,13H2,(H,22,26)(H,23,24). The summed E-state index contributed by atoms with van der Waals surface area (Å²) in [7, 11) is 0. The molecular formula is C20H19N5O. The van der Waals surface area contributed by atoms with E-state index in [0.717, 1.165) is 41.0 Å². The zero-order chi connectivity index (χ0) is 17.8. The van der Waals surface area contributed by atoms with Gasteiger partial charge in [0.25, 0.3) is 0 Å². The van der Waals surface area contributed by atoms with Crippen LogP contribution >= 0.6 is 0 Å². The largest absolute Gasteiger partial charge is 0.342 e. The van der Waals surface area contributed by atoms with Crippen molar-refractivity contribution in [3.8, 4) is 0 Å². The molecule has 2 N–H and O–H groups in total. The van der Waals surface area contributed by atoms with E-state index in [4.69, 9.17) is 0 Å². The second kappa shape index (κ2) is 7.23. The first-order chi connectivity index (χ1) is 12.8. The Bertz CT molecular complexity index is 987. The van der Waals surface area contributed by atoms with Crippen LogP contribution < -0.4 is 5.32 Å². The molecule has 0 atom stereocenters. The lowest BCUT2D eigenvalue weighted by atomic mass is 10.1. The zero-order valence-corrected chi connectivity index (χ0v) is 14.2. The van der Waals surface area contributed by atoms with Gasteiger partial charge in [0, 0.05) is 24.5 Å². The van der Waals surface area contributed by atoms with Gasteiger partial charge in [0.15, 0.2) is 0 Å². The Morgan fingerprint density at radius 2 is 2.04 bits per heavy atom. The maximum absolute atomic E-state index is 12.1. The van der Waals surface area contributed by atoms with Crippen molar-refractivity contribution >= 4 is 22.6 Å². The first-order valence-corrected chi connectivity index (χ1v) is 8.54. The number of rotatable bonds is 6. The highest BCUT2D eigenvalue weighted by Crippen LogP contribution is 2.15. The third-order valence-electron chi connectivity index (χ3n) is 4.19. The topological polar surface area (TPSA) is 75.6 Å². The van der Waals surface area contributed by atoms with Crippen LogP contribution in [0, 0.1) is 0 Å². The first-order valence-electron chi connectivity index (χ1n) is 8.54. The lowest BCUT2D eigenvalue weighted by molar-refractivity contribution is -0.116. The maximum Gasteiger partial charge on any atom is 0.244 e. The number of benzene rings is 2. The minimum absolute atomic E-state index is 0.0718. The number of carbonyl (C=O) groups excluding carboxylic acids is 1. The van der Waals surface area contributed by atoms with Crippen LogP contribution in [0.1, 0.15) is 11.4 Å². The first kappa shape index (κ1) is 16.1. The van der Waals surface area contributed by atoms with E-state index in [0.29, 0.717) is 0 Å². The molecule has 2 aromatic carbocycles. The molecule has 0 unspecified atom stereocenters. The lowest BCUT2D eigenvalue weighted by Crippen LogP contribution is -2.17. The molecule has 1 amide bonds. The number of amides is 1. The molecule has 130 valence electrons. The van der Waals surface area contributed by atoms with Crippen LogP contribution in [0.5, 0.6) is 0 Å². The second-order valence-corrected chi connectivity index (χ2v) is 6.18. The summed E-state index contributed by atoms with van der Waals surface area (Å²) in [5.41, 5.74) is 4.01. The quantitative estimate of drug-likeness (QED) is 0.563. The summed E-state index contributed by atoms with van der Waals surface area (Å²) in [6, 6.07) is 16.0. The van der Waals surface area contributed by atoms with Gasteiger partial charge in [-0.2, -0.15) is 0 Å². The Morgan fingerprint density at radius 1 is 1.12 bits per heavy atom. The molecule has 0 radical (unpaired) electrons. The molecule has 2 aromatic heterocycles. The van der Waals surface area contributed by atoms with E-state index in [9.17, 15) is 4.79 Å². The van der Waals surface area contributed by atoms with Gasteiger partial charge >= 0.3 is 0 Å². The third kappa shape index (κ3) is 3.80. The third-order valence-corrected chi connectivity index (χ3v) is 4.19. The van der Waals surface area contributed by atoms with Crippen LogP contribution in [-0.2, 0) is 24.2 Å². The number of hydrogen-bond acceptors (Lipinski definition) is 3. The van der Waals surface area contributed by atoms with Gasteiger partial charge in [0.1, 0.15) is 12.4 Å². The van der Waals surface area contributed by atoms with Crippen LogP contribution in [0.2, 0.25) is 0 Å². The highest BCUT2D eigenvalue weighted by Gasteiger charge is 2.06. The number of aromatic nitrogens is 4. The van der Waals surface area contributed by atoms with Gasteiger partial charge in [-0.15, -0.1) is 0 Å². The van der Waals surface area contributed by atoms with E-state index in [1.165, 1.54) is 0 Å². The smallest absolute Gasteiger partial charge is 0.244 e. The summed E-state index contributed by atoms with van der Waals surface area (Å²) < 4.78 is 1.74. The summed E-state index contributed by atoms with van der Waals surface area (Å²) in [6.45, 7) is 0.253. The molecule has 0 bridgehead atoms.